The molecule has 0 radical (unpaired) electrons. The van der Waals surface area contributed by atoms with Gasteiger partial charge in [-0.25, -0.2) is 0 Å². The van der Waals surface area contributed by atoms with Gasteiger partial charge in [0.15, 0.2) is 0 Å². The predicted octanol–water partition coefficient (Wildman–Crippen LogP) is 1.02. The van der Waals surface area contributed by atoms with Gasteiger partial charge in [0.1, 0.15) is 11.8 Å². The van der Waals surface area contributed by atoms with E-state index in [0.717, 1.165) is 5.56 Å². The van der Waals surface area contributed by atoms with E-state index >= 15 is 0 Å². The molecule has 5 heteroatoms. The highest BCUT2D eigenvalue weighted by atomic mass is 16.5. The Morgan fingerprint density at radius 2 is 2.50 bits per heavy atom. The average Bonchev–Trinajstić information content (AvgIpc) is 2.66. The van der Waals surface area contributed by atoms with Gasteiger partial charge in [-0.2, -0.15) is 0 Å². The first-order chi connectivity index (χ1) is 6.58. The molecule has 1 aromatic heterocycles. The highest BCUT2D eigenvalue weighted by Gasteiger charge is 2.30. The Kier molecular flexibility index (Phi) is 3.24. The molecule has 1 aromatic rings. The number of aliphatic carboxylic acids is 1. The van der Waals surface area contributed by atoms with Crippen LogP contribution in [0, 0.1) is 0 Å². The molecule has 0 saturated heterocycles. The fourth-order valence-corrected chi connectivity index (χ4v) is 0.963. The van der Waals surface area contributed by atoms with Crippen LogP contribution in [-0.2, 0) is 11.3 Å². The van der Waals surface area contributed by atoms with Crippen LogP contribution in [0.2, 0.25) is 0 Å². The molecule has 2 N–H and O–H groups in total. The Bertz CT molecular complexity index is 297. The molecule has 1 heterocycles. The van der Waals surface area contributed by atoms with E-state index in [-0.39, 0.29) is 0 Å². The summed E-state index contributed by atoms with van der Waals surface area (Å²) in [7, 11) is 0. The first-order valence-corrected chi connectivity index (χ1v) is 4.45. The SMILES string of the molecule is CCC(C)(NCc1cnoc1)C(=O)O. The number of carboxylic acid groups (broad SMARTS) is 1. The minimum absolute atomic E-state index is 0.445. The van der Waals surface area contributed by atoms with Gasteiger partial charge in [0.05, 0.1) is 6.20 Å². The summed E-state index contributed by atoms with van der Waals surface area (Å²) in [6, 6.07) is 0. The predicted molar refractivity (Wildman–Crippen MR) is 49.7 cm³/mol. The van der Waals surface area contributed by atoms with Crippen LogP contribution in [0.4, 0.5) is 0 Å². The zero-order chi connectivity index (χ0) is 10.6. The molecule has 1 rings (SSSR count). The van der Waals surface area contributed by atoms with Crippen LogP contribution in [0.3, 0.4) is 0 Å². The number of nitrogens with zero attached hydrogens (tertiary/aromatic N) is 1. The van der Waals surface area contributed by atoms with E-state index in [1.165, 1.54) is 6.26 Å². The highest BCUT2D eigenvalue weighted by molar-refractivity contribution is 5.78. The lowest BCUT2D eigenvalue weighted by atomic mass is 9.99. The molecule has 1 atom stereocenters. The van der Waals surface area contributed by atoms with Gasteiger partial charge >= 0.3 is 5.97 Å². The standard InChI is InChI=1S/C9H14N2O3/c1-3-9(2,8(12)13)10-4-7-5-11-14-6-7/h5-6,10H,3-4H2,1-2H3,(H,12,13). The minimum atomic E-state index is -0.892. The zero-order valence-electron chi connectivity index (χ0n) is 8.28. The number of carbonyl (C=O) groups is 1. The molecule has 0 spiro atoms. The molecule has 0 aliphatic heterocycles. The molecule has 5 nitrogen and oxygen atoms in total. The van der Waals surface area contributed by atoms with E-state index in [0.29, 0.717) is 13.0 Å². The van der Waals surface area contributed by atoms with Crippen molar-refractivity contribution in [3.8, 4) is 0 Å². The smallest absolute Gasteiger partial charge is 0.323 e. The lowest BCUT2D eigenvalue weighted by Crippen LogP contribution is -2.48. The monoisotopic (exact) mass is 198 g/mol. The molecule has 0 saturated carbocycles. The van der Waals surface area contributed by atoms with Crippen molar-refractivity contribution in [3.63, 3.8) is 0 Å². The lowest BCUT2D eigenvalue weighted by Gasteiger charge is -2.24. The third kappa shape index (κ3) is 2.32. The minimum Gasteiger partial charge on any atom is -0.480 e. The largest absolute Gasteiger partial charge is 0.480 e. The third-order valence-electron chi connectivity index (χ3n) is 2.35. The van der Waals surface area contributed by atoms with Crippen LogP contribution in [0.25, 0.3) is 0 Å². The summed E-state index contributed by atoms with van der Waals surface area (Å²) in [5.74, 6) is -0.851. The fourth-order valence-electron chi connectivity index (χ4n) is 0.963. The van der Waals surface area contributed by atoms with Gasteiger partial charge in [0.25, 0.3) is 0 Å². The summed E-state index contributed by atoms with van der Waals surface area (Å²) in [6.07, 6.45) is 3.57. The van der Waals surface area contributed by atoms with E-state index in [9.17, 15) is 4.79 Å². The van der Waals surface area contributed by atoms with Gasteiger partial charge in [-0.1, -0.05) is 12.1 Å². The molecular weight excluding hydrogens is 184 g/mol. The Labute approximate surface area is 82.1 Å². The average molecular weight is 198 g/mol. The van der Waals surface area contributed by atoms with Gasteiger partial charge in [0.2, 0.25) is 0 Å². The van der Waals surface area contributed by atoms with Crippen molar-refractivity contribution in [2.24, 2.45) is 0 Å². The Hall–Kier alpha value is -1.36. The maximum absolute atomic E-state index is 10.9. The Morgan fingerprint density at radius 1 is 1.79 bits per heavy atom. The number of rotatable bonds is 5. The van der Waals surface area contributed by atoms with Crippen LogP contribution in [0.15, 0.2) is 17.0 Å². The van der Waals surface area contributed by atoms with E-state index in [1.54, 1.807) is 13.1 Å². The van der Waals surface area contributed by atoms with E-state index < -0.39 is 11.5 Å². The molecule has 0 fully saturated rings. The fraction of sp³-hybridized carbons (Fsp3) is 0.556. The van der Waals surface area contributed by atoms with Crippen molar-refractivity contribution in [1.82, 2.24) is 10.5 Å². The van der Waals surface area contributed by atoms with Crippen LogP contribution in [0.5, 0.6) is 0 Å². The van der Waals surface area contributed by atoms with Crippen molar-refractivity contribution < 1.29 is 14.4 Å². The van der Waals surface area contributed by atoms with Crippen molar-refractivity contribution in [2.75, 3.05) is 0 Å². The van der Waals surface area contributed by atoms with E-state index in [4.69, 9.17) is 5.11 Å². The van der Waals surface area contributed by atoms with Crippen LogP contribution in [-0.4, -0.2) is 21.8 Å². The number of hydrogen-bond donors (Lipinski definition) is 2. The summed E-state index contributed by atoms with van der Waals surface area (Å²) >= 11 is 0. The molecule has 14 heavy (non-hydrogen) atoms. The molecule has 78 valence electrons. The van der Waals surface area contributed by atoms with Crippen LogP contribution < -0.4 is 5.32 Å². The first kappa shape index (κ1) is 10.7. The van der Waals surface area contributed by atoms with Crippen molar-refractivity contribution in [3.05, 3.63) is 18.0 Å². The van der Waals surface area contributed by atoms with Crippen LogP contribution in [0.1, 0.15) is 25.8 Å². The summed E-state index contributed by atoms with van der Waals surface area (Å²) < 4.78 is 4.64. The van der Waals surface area contributed by atoms with E-state index in [1.807, 2.05) is 6.92 Å². The van der Waals surface area contributed by atoms with Gasteiger partial charge in [-0.3, -0.25) is 10.1 Å². The molecule has 0 aromatic carbocycles. The number of nitrogens with one attached hydrogen (secondary N) is 1. The van der Waals surface area contributed by atoms with Crippen molar-refractivity contribution >= 4 is 5.97 Å². The second-order valence-corrected chi connectivity index (χ2v) is 3.38. The lowest BCUT2D eigenvalue weighted by molar-refractivity contribution is -0.144. The van der Waals surface area contributed by atoms with Gasteiger partial charge < -0.3 is 9.63 Å². The first-order valence-electron chi connectivity index (χ1n) is 4.45. The Balaban J connectivity index is 2.54. The second-order valence-electron chi connectivity index (χ2n) is 3.38. The molecule has 0 bridgehead atoms. The quantitative estimate of drug-likeness (QED) is 0.738. The summed E-state index contributed by atoms with van der Waals surface area (Å²) in [6.45, 7) is 3.93. The maximum Gasteiger partial charge on any atom is 0.323 e. The number of carboxylic acids is 1. The van der Waals surface area contributed by atoms with Gasteiger partial charge in [-0.05, 0) is 13.3 Å². The summed E-state index contributed by atoms with van der Waals surface area (Å²) in [5.41, 5.74) is -0.0528. The molecule has 0 amide bonds. The molecular formula is C9H14N2O3. The zero-order valence-corrected chi connectivity index (χ0v) is 8.28. The molecule has 1 unspecified atom stereocenters. The van der Waals surface area contributed by atoms with Gasteiger partial charge in [-0.15, -0.1) is 0 Å². The third-order valence-corrected chi connectivity index (χ3v) is 2.35. The molecule has 0 aliphatic carbocycles. The number of hydrogen-bond acceptors (Lipinski definition) is 4. The summed E-state index contributed by atoms with van der Waals surface area (Å²) in [4.78, 5) is 10.9. The van der Waals surface area contributed by atoms with Gasteiger partial charge in [0, 0.05) is 12.1 Å². The number of aromatic nitrogens is 1. The summed E-state index contributed by atoms with van der Waals surface area (Å²) in [5, 5.41) is 15.4. The second kappa shape index (κ2) is 4.23. The normalized spacial score (nSPS) is 15.0. The molecule has 0 aliphatic rings. The highest BCUT2D eigenvalue weighted by Crippen LogP contribution is 2.10. The van der Waals surface area contributed by atoms with Crippen molar-refractivity contribution in [1.29, 1.82) is 0 Å². The van der Waals surface area contributed by atoms with E-state index in [2.05, 4.69) is 15.0 Å². The Morgan fingerprint density at radius 3 is 2.93 bits per heavy atom. The maximum atomic E-state index is 10.9. The van der Waals surface area contributed by atoms with Crippen LogP contribution >= 0.6 is 0 Å². The topological polar surface area (TPSA) is 75.4 Å². The van der Waals surface area contributed by atoms with Crippen molar-refractivity contribution in [2.45, 2.75) is 32.4 Å².